The van der Waals surface area contributed by atoms with Crippen LogP contribution in [0.5, 0.6) is 0 Å². The number of nitrogens with zero attached hydrogens (tertiary/aromatic N) is 1. The standard InChI is InChI=1S/C16H16N2/c1-2-18-16(13-17,14-9-5-3-6-10-14)15-11-7-4-8-12-15/h3-12,18H,2H2,1H3. The molecule has 0 heterocycles. The van der Waals surface area contributed by atoms with E-state index >= 15 is 0 Å². The van der Waals surface area contributed by atoms with Crippen LogP contribution in [0.25, 0.3) is 0 Å². The Hall–Kier alpha value is -2.11. The Balaban J connectivity index is 2.58. The molecule has 2 aromatic carbocycles. The third kappa shape index (κ3) is 2.13. The lowest BCUT2D eigenvalue weighted by Crippen LogP contribution is -2.42. The van der Waals surface area contributed by atoms with Gasteiger partial charge in [-0.1, -0.05) is 67.6 Å². The first-order valence-corrected chi connectivity index (χ1v) is 6.11. The van der Waals surface area contributed by atoms with E-state index in [2.05, 4.69) is 11.4 Å². The second-order valence-electron chi connectivity index (χ2n) is 4.12. The van der Waals surface area contributed by atoms with Crippen molar-refractivity contribution in [1.29, 1.82) is 5.26 Å². The van der Waals surface area contributed by atoms with Crippen LogP contribution < -0.4 is 5.32 Å². The van der Waals surface area contributed by atoms with E-state index < -0.39 is 5.54 Å². The van der Waals surface area contributed by atoms with E-state index in [0.29, 0.717) is 0 Å². The minimum absolute atomic E-state index is 0.733. The Labute approximate surface area is 108 Å². The Kier molecular flexibility index (Phi) is 3.76. The molecule has 1 N–H and O–H groups in total. The quantitative estimate of drug-likeness (QED) is 0.885. The van der Waals surface area contributed by atoms with Crippen molar-refractivity contribution in [2.24, 2.45) is 0 Å². The first kappa shape index (κ1) is 12.3. The highest BCUT2D eigenvalue weighted by Crippen LogP contribution is 2.28. The molecule has 2 rings (SSSR count). The molecule has 0 amide bonds. The average molecular weight is 236 g/mol. The van der Waals surface area contributed by atoms with E-state index in [9.17, 15) is 5.26 Å². The highest BCUT2D eigenvalue weighted by molar-refractivity contribution is 5.44. The summed E-state index contributed by atoms with van der Waals surface area (Å²) in [5.74, 6) is 0. The third-order valence-corrected chi connectivity index (χ3v) is 3.02. The normalized spacial score (nSPS) is 10.9. The van der Waals surface area contributed by atoms with Crippen LogP contribution in [0.3, 0.4) is 0 Å². The molecule has 0 unspecified atom stereocenters. The predicted molar refractivity (Wildman–Crippen MR) is 73.0 cm³/mol. The van der Waals surface area contributed by atoms with Crippen LogP contribution in [-0.2, 0) is 5.54 Å². The predicted octanol–water partition coefficient (Wildman–Crippen LogP) is 3.06. The van der Waals surface area contributed by atoms with Crippen molar-refractivity contribution in [2.75, 3.05) is 6.54 Å². The lowest BCUT2D eigenvalue weighted by atomic mass is 9.84. The van der Waals surface area contributed by atoms with Crippen LogP contribution in [0.4, 0.5) is 0 Å². The molecular formula is C16H16N2. The average Bonchev–Trinajstić information content (AvgIpc) is 2.47. The van der Waals surface area contributed by atoms with Gasteiger partial charge in [0.2, 0.25) is 0 Å². The van der Waals surface area contributed by atoms with Crippen LogP contribution in [0.2, 0.25) is 0 Å². The SMILES string of the molecule is CCNC(C#N)(c1ccccc1)c1ccccc1. The van der Waals surface area contributed by atoms with Crippen molar-refractivity contribution in [2.45, 2.75) is 12.5 Å². The minimum atomic E-state index is -0.767. The maximum absolute atomic E-state index is 9.70. The van der Waals surface area contributed by atoms with Gasteiger partial charge in [0.1, 0.15) is 0 Å². The lowest BCUT2D eigenvalue weighted by molar-refractivity contribution is 0.518. The van der Waals surface area contributed by atoms with Crippen molar-refractivity contribution in [3.05, 3.63) is 71.8 Å². The Morgan fingerprint density at radius 1 is 0.944 bits per heavy atom. The molecule has 2 aromatic rings. The Morgan fingerprint density at radius 2 is 1.39 bits per heavy atom. The summed E-state index contributed by atoms with van der Waals surface area (Å²) in [4.78, 5) is 0. The highest BCUT2D eigenvalue weighted by atomic mass is 15.0. The van der Waals surface area contributed by atoms with Gasteiger partial charge in [-0.15, -0.1) is 0 Å². The molecule has 0 aliphatic rings. The van der Waals surface area contributed by atoms with Gasteiger partial charge in [-0.25, -0.2) is 0 Å². The van der Waals surface area contributed by atoms with Crippen LogP contribution in [0.1, 0.15) is 18.1 Å². The van der Waals surface area contributed by atoms with Crippen LogP contribution in [-0.4, -0.2) is 6.54 Å². The van der Waals surface area contributed by atoms with Crippen LogP contribution >= 0.6 is 0 Å². The molecule has 0 atom stereocenters. The summed E-state index contributed by atoms with van der Waals surface area (Å²) >= 11 is 0. The van der Waals surface area contributed by atoms with Crippen molar-refractivity contribution in [1.82, 2.24) is 5.32 Å². The first-order chi connectivity index (χ1) is 8.83. The van der Waals surface area contributed by atoms with Crippen LogP contribution in [0, 0.1) is 11.3 Å². The lowest BCUT2D eigenvalue weighted by Gasteiger charge is -2.28. The van der Waals surface area contributed by atoms with Gasteiger partial charge >= 0.3 is 0 Å². The van der Waals surface area contributed by atoms with Gasteiger partial charge in [0.05, 0.1) is 6.07 Å². The van der Waals surface area contributed by atoms with Crippen LogP contribution in [0.15, 0.2) is 60.7 Å². The van der Waals surface area contributed by atoms with Gasteiger partial charge in [-0.05, 0) is 17.7 Å². The molecule has 2 nitrogen and oxygen atoms in total. The number of hydrogen-bond donors (Lipinski definition) is 1. The molecule has 0 aromatic heterocycles. The summed E-state index contributed by atoms with van der Waals surface area (Å²) in [7, 11) is 0. The minimum Gasteiger partial charge on any atom is -0.292 e. The van der Waals surface area contributed by atoms with E-state index in [1.54, 1.807) is 0 Å². The van der Waals surface area contributed by atoms with E-state index in [4.69, 9.17) is 0 Å². The zero-order chi connectivity index (χ0) is 12.8. The third-order valence-electron chi connectivity index (χ3n) is 3.02. The summed E-state index contributed by atoms with van der Waals surface area (Å²) in [5.41, 5.74) is 1.18. The largest absolute Gasteiger partial charge is 0.292 e. The smallest absolute Gasteiger partial charge is 0.157 e. The molecule has 0 saturated carbocycles. The van der Waals surface area contributed by atoms with Gasteiger partial charge in [0.15, 0.2) is 5.54 Å². The number of hydrogen-bond acceptors (Lipinski definition) is 2. The number of benzene rings is 2. The number of rotatable bonds is 4. The zero-order valence-corrected chi connectivity index (χ0v) is 10.4. The van der Waals surface area contributed by atoms with Gasteiger partial charge in [0, 0.05) is 0 Å². The Bertz CT molecular complexity index is 487. The van der Waals surface area contributed by atoms with E-state index in [1.165, 1.54) is 0 Å². The maximum atomic E-state index is 9.70. The number of nitrogens with one attached hydrogen (secondary N) is 1. The molecule has 2 heteroatoms. The van der Waals surface area contributed by atoms with E-state index in [0.717, 1.165) is 17.7 Å². The molecule has 0 aliphatic heterocycles. The number of nitriles is 1. The molecule has 0 bridgehead atoms. The molecule has 0 radical (unpaired) electrons. The van der Waals surface area contributed by atoms with E-state index in [1.807, 2.05) is 67.6 Å². The first-order valence-electron chi connectivity index (χ1n) is 6.11. The maximum Gasteiger partial charge on any atom is 0.157 e. The molecule has 18 heavy (non-hydrogen) atoms. The molecule has 90 valence electrons. The summed E-state index contributed by atoms with van der Waals surface area (Å²) in [6.45, 7) is 2.75. The van der Waals surface area contributed by atoms with Gasteiger partial charge in [0.25, 0.3) is 0 Å². The van der Waals surface area contributed by atoms with E-state index in [-0.39, 0.29) is 0 Å². The second-order valence-corrected chi connectivity index (χ2v) is 4.12. The monoisotopic (exact) mass is 236 g/mol. The molecular weight excluding hydrogens is 220 g/mol. The molecule has 0 spiro atoms. The van der Waals surface area contributed by atoms with Gasteiger partial charge in [-0.3, -0.25) is 5.32 Å². The fourth-order valence-electron chi connectivity index (χ4n) is 2.18. The van der Waals surface area contributed by atoms with Gasteiger partial charge in [-0.2, -0.15) is 5.26 Å². The van der Waals surface area contributed by atoms with Crippen molar-refractivity contribution in [3.63, 3.8) is 0 Å². The zero-order valence-electron chi connectivity index (χ0n) is 10.4. The summed E-state index contributed by atoms with van der Waals surface area (Å²) in [6, 6.07) is 22.1. The summed E-state index contributed by atoms with van der Waals surface area (Å²) in [5, 5.41) is 13.0. The molecule has 0 saturated heterocycles. The Morgan fingerprint density at radius 3 is 1.72 bits per heavy atom. The fourth-order valence-corrected chi connectivity index (χ4v) is 2.18. The topological polar surface area (TPSA) is 35.8 Å². The summed E-state index contributed by atoms with van der Waals surface area (Å²) < 4.78 is 0. The molecule has 0 fully saturated rings. The van der Waals surface area contributed by atoms with Crippen molar-refractivity contribution in [3.8, 4) is 6.07 Å². The van der Waals surface area contributed by atoms with Crippen molar-refractivity contribution < 1.29 is 0 Å². The van der Waals surface area contributed by atoms with Crippen molar-refractivity contribution >= 4 is 0 Å². The van der Waals surface area contributed by atoms with Gasteiger partial charge < -0.3 is 0 Å². The molecule has 0 aliphatic carbocycles. The second kappa shape index (κ2) is 5.48. The highest BCUT2D eigenvalue weighted by Gasteiger charge is 2.33. The summed E-state index contributed by atoms with van der Waals surface area (Å²) in [6.07, 6.45) is 0. The fraction of sp³-hybridized carbons (Fsp3) is 0.188.